The van der Waals surface area contributed by atoms with Crippen LogP contribution >= 0.6 is 0 Å². The molecule has 1 rings (SSSR count). The topological polar surface area (TPSA) is 44.2 Å². The summed E-state index contributed by atoms with van der Waals surface area (Å²) < 4.78 is 10.5. The highest BCUT2D eigenvalue weighted by atomic mass is 16.5. The van der Waals surface area contributed by atoms with Crippen molar-refractivity contribution < 1.29 is 9.47 Å². The Morgan fingerprint density at radius 3 is 2.28 bits per heavy atom. The molecule has 0 fully saturated rings. The number of hydrogen-bond acceptors (Lipinski definition) is 4. The van der Waals surface area contributed by atoms with Gasteiger partial charge < -0.3 is 9.47 Å². The quantitative estimate of drug-likeness (QED) is 0.746. The monoisotopic (exact) mass is 252 g/mol. The molecule has 0 spiro atoms. The van der Waals surface area contributed by atoms with Gasteiger partial charge in [0.1, 0.15) is 0 Å². The number of nitrogens with zero attached hydrogens (tertiary/aromatic N) is 2. The molecule has 1 atom stereocenters. The van der Waals surface area contributed by atoms with Gasteiger partial charge in [0.2, 0.25) is 5.88 Å². The van der Waals surface area contributed by atoms with Gasteiger partial charge in [-0.15, -0.1) is 0 Å². The first-order valence-corrected chi connectivity index (χ1v) is 6.66. The summed E-state index contributed by atoms with van der Waals surface area (Å²) in [7, 11) is 3.23. The van der Waals surface area contributed by atoms with Crippen LogP contribution in [-0.2, 0) is 6.42 Å². The maximum absolute atomic E-state index is 5.38. The SMILES string of the molecule is CCCc1c(OC)nc(OC)nc1C(C)CCC. The van der Waals surface area contributed by atoms with Crippen LogP contribution in [0.2, 0.25) is 0 Å². The smallest absolute Gasteiger partial charge is 0.319 e. The van der Waals surface area contributed by atoms with Crippen LogP contribution < -0.4 is 9.47 Å². The van der Waals surface area contributed by atoms with E-state index in [1.54, 1.807) is 14.2 Å². The van der Waals surface area contributed by atoms with Gasteiger partial charge in [-0.3, -0.25) is 0 Å². The first-order valence-electron chi connectivity index (χ1n) is 6.66. The summed E-state index contributed by atoms with van der Waals surface area (Å²) >= 11 is 0. The van der Waals surface area contributed by atoms with Crippen molar-refractivity contribution in [3.63, 3.8) is 0 Å². The van der Waals surface area contributed by atoms with Crippen molar-refractivity contribution in [2.24, 2.45) is 0 Å². The molecule has 0 N–H and O–H groups in total. The van der Waals surface area contributed by atoms with Crippen molar-refractivity contribution in [1.29, 1.82) is 0 Å². The lowest BCUT2D eigenvalue weighted by Crippen LogP contribution is -2.09. The van der Waals surface area contributed by atoms with Crippen LogP contribution in [0.3, 0.4) is 0 Å². The van der Waals surface area contributed by atoms with Crippen LogP contribution in [0.5, 0.6) is 11.9 Å². The molecule has 0 aliphatic rings. The summed E-state index contributed by atoms with van der Waals surface area (Å²) in [5.74, 6) is 1.06. The largest absolute Gasteiger partial charge is 0.481 e. The number of methoxy groups -OCH3 is 2. The highest BCUT2D eigenvalue weighted by molar-refractivity contribution is 5.34. The van der Waals surface area contributed by atoms with E-state index in [0.717, 1.165) is 36.9 Å². The third-order valence-electron chi connectivity index (χ3n) is 3.05. The van der Waals surface area contributed by atoms with Gasteiger partial charge in [0.15, 0.2) is 0 Å². The molecular weight excluding hydrogens is 228 g/mol. The van der Waals surface area contributed by atoms with E-state index in [0.29, 0.717) is 17.8 Å². The maximum Gasteiger partial charge on any atom is 0.319 e. The summed E-state index contributed by atoms with van der Waals surface area (Å²) in [6, 6.07) is 0.393. The molecule has 1 heterocycles. The first-order chi connectivity index (χ1) is 8.67. The third-order valence-corrected chi connectivity index (χ3v) is 3.05. The van der Waals surface area contributed by atoms with Crippen LogP contribution in [0.15, 0.2) is 0 Å². The van der Waals surface area contributed by atoms with Gasteiger partial charge in [-0.2, -0.15) is 9.97 Å². The summed E-state index contributed by atoms with van der Waals surface area (Å²) in [5, 5.41) is 0. The Morgan fingerprint density at radius 1 is 1.06 bits per heavy atom. The number of ether oxygens (including phenoxy) is 2. The van der Waals surface area contributed by atoms with Crippen molar-refractivity contribution in [3.8, 4) is 11.9 Å². The minimum Gasteiger partial charge on any atom is -0.481 e. The Bertz CT molecular complexity index is 380. The molecule has 1 aromatic rings. The van der Waals surface area contributed by atoms with Crippen molar-refractivity contribution in [2.45, 2.75) is 52.4 Å². The minimum atomic E-state index is 0.393. The molecule has 4 nitrogen and oxygen atoms in total. The molecule has 0 amide bonds. The highest BCUT2D eigenvalue weighted by Crippen LogP contribution is 2.30. The molecular formula is C14H24N2O2. The molecule has 1 aromatic heterocycles. The van der Waals surface area contributed by atoms with Crippen LogP contribution in [0, 0.1) is 0 Å². The van der Waals surface area contributed by atoms with Crippen molar-refractivity contribution in [1.82, 2.24) is 9.97 Å². The second-order valence-electron chi connectivity index (χ2n) is 4.52. The summed E-state index contributed by atoms with van der Waals surface area (Å²) in [6.07, 6.45) is 4.25. The van der Waals surface area contributed by atoms with E-state index in [-0.39, 0.29) is 0 Å². The van der Waals surface area contributed by atoms with Crippen molar-refractivity contribution in [2.75, 3.05) is 14.2 Å². The van der Waals surface area contributed by atoms with Crippen LogP contribution in [0.25, 0.3) is 0 Å². The van der Waals surface area contributed by atoms with E-state index < -0.39 is 0 Å². The van der Waals surface area contributed by atoms with E-state index in [9.17, 15) is 0 Å². The van der Waals surface area contributed by atoms with E-state index in [1.165, 1.54) is 0 Å². The van der Waals surface area contributed by atoms with Gasteiger partial charge in [-0.05, 0) is 18.8 Å². The fourth-order valence-electron chi connectivity index (χ4n) is 2.18. The highest BCUT2D eigenvalue weighted by Gasteiger charge is 2.19. The Balaban J connectivity index is 3.24. The number of rotatable bonds is 7. The van der Waals surface area contributed by atoms with Crippen molar-refractivity contribution in [3.05, 3.63) is 11.3 Å². The van der Waals surface area contributed by atoms with Gasteiger partial charge >= 0.3 is 6.01 Å². The van der Waals surface area contributed by atoms with Gasteiger partial charge in [0, 0.05) is 5.56 Å². The fourth-order valence-corrected chi connectivity index (χ4v) is 2.18. The Hall–Kier alpha value is -1.32. The zero-order valence-corrected chi connectivity index (χ0v) is 12.1. The zero-order chi connectivity index (χ0) is 13.5. The molecule has 0 bridgehead atoms. The molecule has 102 valence electrons. The average Bonchev–Trinajstić information content (AvgIpc) is 2.39. The lowest BCUT2D eigenvalue weighted by Gasteiger charge is -2.17. The zero-order valence-electron chi connectivity index (χ0n) is 12.1. The van der Waals surface area contributed by atoms with Crippen molar-refractivity contribution >= 4 is 0 Å². The Morgan fingerprint density at radius 2 is 1.78 bits per heavy atom. The van der Waals surface area contributed by atoms with Crippen LogP contribution in [0.4, 0.5) is 0 Å². The molecule has 1 unspecified atom stereocenters. The Kier molecular flexibility index (Phi) is 5.89. The predicted octanol–water partition coefficient (Wildman–Crippen LogP) is 3.35. The normalized spacial score (nSPS) is 12.3. The Labute approximate surface area is 110 Å². The van der Waals surface area contributed by atoms with Gasteiger partial charge in [0.05, 0.1) is 19.9 Å². The second kappa shape index (κ2) is 7.19. The lowest BCUT2D eigenvalue weighted by atomic mass is 9.96. The van der Waals surface area contributed by atoms with Crippen LogP contribution in [-0.4, -0.2) is 24.2 Å². The molecule has 0 radical (unpaired) electrons. The van der Waals surface area contributed by atoms with E-state index in [2.05, 4.69) is 30.7 Å². The minimum absolute atomic E-state index is 0.393. The second-order valence-corrected chi connectivity index (χ2v) is 4.52. The van der Waals surface area contributed by atoms with E-state index in [1.807, 2.05) is 0 Å². The molecule has 0 aliphatic carbocycles. The average molecular weight is 252 g/mol. The predicted molar refractivity (Wildman–Crippen MR) is 72.5 cm³/mol. The van der Waals surface area contributed by atoms with Crippen LogP contribution in [0.1, 0.15) is 57.2 Å². The van der Waals surface area contributed by atoms with E-state index in [4.69, 9.17) is 9.47 Å². The molecule has 0 aromatic carbocycles. The maximum atomic E-state index is 5.38. The van der Waals surface area contributed by atoms with Gasteiger partial charge in [-0.1, -0.05) is 33.6 Å². The molecule has 0 saturated heterocycles. The first kappa shape index (κ1) is 14.7. The molecule has 4 heteroatoms. The molecule has 18 heavy (non-hydrogen) atoms. The fraction of sp³-hybridized carbons (Fsp3) is 0.714. The lowest BCUT2D eigenvalue weighted by molar-refractivity contribution is 0.344. The van der Waals surface area contributed by atoms with Gasteiger partial charge in [-0.25, -0.2) is 0 Å². The van der Waals surface area contributed by atoms with Gasteiger partial charge in [0.25, 0.3) is 0 Å². The summed E-state index contributed by atoms with van der Waals surface area (Å²) in [6.45, 7) is 6.54. The summed E-state index contributed by atoms with van der Waals surface area (Å²) in [5.41, 5.74) is 2.20. The third kappa shape index (κ3) is 3.34. The standard InChI is InChI=1S/C14H24N2O2/c1-6-8-10(3)12-11(9-7-2)13(17-4)16-14(15-12)18-5/h10H,6-9H2,1-5H3. The summed E-state index contributed by atoms with van der Waals surface area (Å²) in [4.78, 5) is 8.80. The molecule has 0 aliphatic heterocycles. The number of hydrogen-bond donors (Lipinski definition) is 0. The molecule has 0 saturated carbocycles. The number of aromatic nitrogens is 2. The van der Waals surface area contributed by atoms with E-state index >= 15 is 0 Å².